The standard InChI is InChI=1S/C14H23N3O3S/c1-4-11(2)17(3)9-10-21(19,20)13-7-5-12(6-8-13)14(15)16-18/h5-8,11,18H,4,9-10H2,1-3H3,(H2,15,16). The summed E-state index contributed by atoms with van der Waals surface area (Å²) < 4.78 is 24.5. The van der Waals surface area contributed by atoms with Crippen molar-refractivity contribution in [2.75, 3.05) is 19.3 Å². The van der Waals surface area contributed by atoms with Gasteiger partial charge in [0.1, 0.15) is 0 Å². The number of rotatable bonds is 7. The van der Waals surface area contributed by atoms with Crippen molar-refractivity contribution < 1.29 is 13.6 Å². The maximum absolute atomic E-state index is 12.3. The van der Waals surface area contributed by atoms with Crippen molar-refractivity contribution >= 4 is 15.7 Å². The molecule has 1 rings (SSSR count). The molecule has 3 N–H and O–H groups in total. The van der Waals surface area contributed by atoms with E-state index >= 15 is 0 Å². The van der Waals surface area contributed by atoms with E-state index in [9.17, 15) is 8.42 Å². The van der Waals surface area contributed by atoms with Crippen molar-refractivity contribution in [2.45, 2.75) is 31.2 Å². The Bertz CT molecular complexity index is 582. The van der Waals surface area contributed by atoms with Crippen LogP contribution in [-0.2, 0) is 9.84 Å². The van der Waals surface area contributed by atoms with E-state index in [0.717, 1.165) is 6.42 Å². The molecule has 0 saturated carbocycles. The fourth-order valence-corrected chi connectivity index (χ4v) is 3.12. The van der Waals surface area contributed by atoms with E-state index in [0.29, 0.717) is 18.2 Å². The Labute approximate surface area is 126 Å². The Morgan fingerprint density at radius 2 is 1.95 bits per heavy atom. The zero-order valence-corrected chi connectivity index (χ0v) is 13.5. The molecule has 0 saturated heterocycles. The second-order valence-corrected chi connectivity index (χ2v) is 7.18. The summed E-state index contributed by atoms with van der Waals surface area (Å²) in [7, 11) is -1.41. The van der Waals surface area contributed by atoms with Crippen LogP contribution in [0.25, 0.3) is 0 Å². The Morgan fingerprint density at radius 1 is 1.38 bits per heavy atom. The molecule has 0 heterocycles. The fourth-order valence-electron chi connectivity index (χ4n) is 1.80. The summed E-state index contributed by atoms with van der Waals surface area (Å²) in [6.45, 7) is 4.62. The van der Waals surface area contributed by atoms with Gasteiger partial charge >= 0.3 is 0 Å². The first kappa shape index (κ1) is 17.5. The normalized spacial score (nSPS) is 14.4. The second-order valence-electron chi connectivity index (χ2n) is 5.07. The van der Waals surface area contributed by atoms with Gasteiger partial charge in [-0.1, -0.05) is 12.1 Å². The van der Waals surface area contributed by atoms with Gasteiger partial charge in [0.05, 0.1) is 10.6 Å². The molecule has 0 aliphatic rings. The number of hydrogen-bond acceptors (Lipinski definition) is 5. The summed E-state index contributed by atoms with van der Waals surface area (Å²) in [5.74, 6) is 0.0204. The molecular formula is C14H23N3O3S. The molecule has 0 aliphatic heterocycles. The molecular weight excluding hydrogens is 290 g/mol. The summed E-state index contributed by atoms with van der Waals surface area (Å²) in [5.41, 5.74) is 5.92. The van der Waals surface area contributed by atoms with Crippen molar-refractivity contribution in [2.24, 2.45) is 10.9 Å². The molecule has 0 aromatic heterocycles. The molecule has 1 atom stereocenters. The lowest BCUT2D eigenvalue weighted by molar-refractivity contribution is 0.266. The van der Waals surface area contributed by atoms with E-state index in [-0.39, 0.29) is 16.5 Å². The summed E-state index contributed by atoms with van der Waals surface area (Å²) in [6.07, 6.45) is 0.977. The summed E-state index contributed by atoms with van der Waals surface area (Å²) >= 11 is 0. The molecule has 0 spiro atoms. The molecule has 1 aromatic carbocycles. The maximum atomic E-state index is 12.3. The highest BCUT2D eigenvalue weighted by atomic mass is 32.2. The number of nitrogens with two attached hydrogens (primary N) is 1. The summed E-state index contributed by atoms with van der Waals surface area (Å²) in [6, 6.07) is 6.36. The van der Waals surface area contributed by atoms with Crippen LogP contribution in [0, 0.1) is 0 Å². The number of oxime groups is 1. The van der Waals surface area contributed by atoms with E-state index in [1.807, 2.05) is 11.9 Å². The number of benzene rings is 1. The van der Waals surface area contributed by atoms with Gasteiger partial charge in [0, 0.05) is 18.2 Å². The van der Waals surface area contributed by atoms with E-state index in [1.165, 1.54) is 24.3 Å². The highest BCUT2D eigenvalue weighted by molar-refractivity contribution is 7.91. The van der Waals surface area contributed by atoms with Crippen molar-refractivity contribution in [3.8, 4) is 0 Å². The minimum Gasteiger partial charge on any atom is -0.409 e. The van der Waals surface area contributed by atoms with Crippen molar-refractivity contribution in [1.82, 2.24) is 4.90 Å². The third-order valence-electron chi connectivity index (χ3n) is 3.67. The highest BCUT2D eigenvalue weighted by Gasteiger charge is 2.17. The molecule has 0 aliphatic carbocycles. The van der Waals surface area contributed by atoms with Gasteiger partial charge in [0.15, 0.2) is 15.7 Å². The monoisotopic (exact) mass is 313 g/mol. The van der Waals surface area contributed by atoms with Crippen LogP contribution in [0.4, 0.5) is 0 Å². The molecule has 0 amide bonds. The molecule has 0 radical (unpaired) electrons. The van der Waals surface area contributed by atoms with Gasteiger partial charge in [0.2, 0.25) is 0 Å². The maximum Gasteiger partial charge on any atom is 0.179 e. The number of nitrogens with zero attached hydrogens (tertiary/aromatic N) is 2. The first-order valence-electron chi connectivity index (χ1n) is 6.82. The molecule has 0 fully saturated rings. The minimum atomic E-state index is -3.33. The predicted molar refractivity (Wildman–Crippen MR) is 83.4 cm³/mol. The molecule has 0 bridgehead atoms. The Kier molecular flexibility index (Phi) is 6.17. The van der Waals surface area contributed by atoms with Gasteiger partial charge in [0.25, 0.3) is 0 Å². The van der Waals surface area contributed by atoms with E-state index in [1.54, 1.807) is 0 Å². The van der Waals surface area contributed by atoms with Gasteiger partial charge in [-0.3, -0.25) is 0 Å². The lowest BCUT2D eigenvalue weighted by Gasteiger charge is -2.23. The Hall–Kier alpha value is -1.60. The number of amidine groups is 1. The topological polar surface area (TPSA) is 96.0 Å². The lowest BCUT2D eigenvalue weighted by Crippen LogP contribution is -2.33. The van der Waals surface area contributed by atoms with Crippen LogP contribution in [-0.4, -0.2) is 49.7 Å². The largest absolute Gasteiger partial charge is 0.409 e. The Morgan fingerprint density at radius 3 is 2.43 bits per heavy atom. The molecule has 1 unspecified atom stereocenters. The highest BCUT2D eigenvalue weighted by Crippen LogP contribution is 2.13. The third kappa shape index (κ3) is 4.71. The van der Waals surface area contributed by atoms with Gasteiger partial charge in [-0.2, -0.15) is 0 Å². The first-order valence-corrected chi connectivity index (χ1v) is 8.48. The zero-order valence-electron chi connectivity index (χ0n) is 12.7. The van der Waals surface area contributed by atoms with Gasteiger partial charge in [-0.15, -0.1) is 0 Å². The third-order valence-corrected chi connectivity index (χ3v) is 5.38. The minimum absolute atomic E-state index is 0.0459. The average molecular weight is 313 g/mol. The van der Waals surface area contributed by atoms with Crippen molar-refractivity contribution in [3.05, 3.63) is 29.8 Å². The van der Waals surface area contributed by atoms with Crippen LogP contribution in [0.15, 0.2) is 34.3 Å². The Balaban J connectivity index is 2.79. The molecule has 7 heteroatoms. The van der Waals surface area contributed by atoms with Crippen LogP contribution >= 0.6 is 0 Å². The second kappa shape index (κ2) is 7.42. The van der Waals surface area contributed by atoms with Crippen LogP contribution in [0.5, 0.6) is 0 Å². The van der Waals surface area contributed by atoms with E-state index < -0.39 is 9.84 Å². The molecule has 118 valence electrons. The van der Waals surface area contributed by atoms with Gasteiger partial charge in [-0.05, 0) is 44.7 Å². The van der Waals surface area contributed by atoms with Crippen LogP contribution in [0.1, 0.15) is 25.8 Å². The molecule has 21 heavy (non-hydrogen) atoms. The summed E-state index contributed by atoms with van der Waals surface area (Å²) in [5, 5.41) is 11.5. The summed E-state index contributed by atoms with van der Waals surface area (Å²) in [4.78, 5) is 2.28. The SMILES string of the molecule is CCC(C)N(C)CCS(=O)(=O)c1ccc(/C(N)=N/O)cc1. The lowest BCUT2D eigenvalue weighted by atomic mass is 10.2. The van der Waals surface area contributed by atoms with Crippen LogP contribution < -0.4 is 5.73 Å². The quantitative estimate of drug-likeness (QED) is 0.342. The van der Waals surface area contributed by atoms with Crippen molar-refractivity contribution in [1.29, 1.82) is 0 Å². The smallest absolute Gasteiger partial charge is 0.179 e. The zero-order chi connectivity index (χ0) is 16.0. The van der Waals surface area contributed by atoms with Crippen molar-refractivity contribution in [3.63, 3.8) is 0 Å². The van der Waals surface area contributed by atoms with Gasteiger partial charge in [-0.25, -0.2) is 8.42 Å². The molecule has 6 nitrogen and oxygen atoms in total. The first-order chi connectivity index (χ1) is 9.81. The number of sulfone groups is 1. The fraction of sp³-hybridized carbons (Fsp3) is 0.500. The van der Waals surface area contributed by atoms with Crippen LogP contribution in [0.2, 0.25) is 0 Å². The molecule has 1 aromatic rings. The van der Waals surface area contributed by atoms with E-state index in [4.69, 9.17) is 10.9 Å². The average Bonchev–Trinajstić information content (AvgIpc) is 2.51. The van der Waals surface area contributed by atoms with E-state index in [2.05, 4.69) is 19.0 Å². The number of hydrogen-bond donors (Lipinski definition) is 2. The van der Waals surface area contributed by atoms with Crippen LogP contribution in [0.3, 0.4) is 0 Å². The van der Waals surface area contributed by atoms with Gasteiger partial charge < -0.3 is 15.8 Å². The predicted octanol–water partition coefficient (Wildman–Crippen LogP) is 1.29.